The van der Waals surface area contributed by atoms with Crippen LogP contribution < -0.4 is 5.73 Å². The molecule has 1 amide bonds. The Morgan fingerprint density at radius 3 is 2.65 bits per heavy atom. The number of unbranched alkanes of at least 4 members (excludes halogenated alkanes) is 2. The molecule has 0 spiro atoms. The van der Waals surface area contributed by atoms with Gasteiger partial charge in [0.1, 0.15) is 0 Å². The number of hydrogen-bond donors (Lipinski definition) is 1. The maximum Gasteiger partial charge on any atom is 0.274 e. The van der Waals surface area contributed by atoms with Gasteiger partial charge in [0.05, 0.1) is 11.5 Å². The molecule has 6 heteroatoms. The van der Waals surface area contributed by atoms with Gasteiger partial charge in [-0.1, -0.05) is 24.6 Å². The Labute approximate surface area is 118 Å². The Bertz CT molecular complexity index is 463. The second-order valence-corrected chi connectivity index (χ2v) is 4.73. The van der Waals surface area contributed by atoms with Gasteiger partial charge >= 0.3 is 0 Å². The van der Waals surface area contributed by atoms with Crippen molar-refractivity contribution in [2.45, 2.75) is 32.2 Å². The molecule has 0 aliphatic rings. The monoisotopic (exact) mass is 279 g/mol. The van der Waals surface area contributed by atoms with Crippen molar-refractivity contribution in [3.05, 3.63) is 39.9 Å². The van der Waals surface area contributed by atoms with Crippen LogP contribution in [-0.2, 0) is 11.3 Å². The van der Waals surface area contributed by atoms with E-state index in [0.717, 1.165) is 19.3 Å². The van der Waals surface area contributed by atoms with Gasteiger partial charge in [-0.3, -0.25) is 14.9 Å². The van der Waals surface area contributed by atoms with E-state index in [1.165, 1.54) is 11.0 Å². The molecule has 0 heterocycles. The highest BCUT2D eigenvalue weighted by molar-refractivity contribution is 5.75. The van der Waals surface area contributed by atoms with Crippen molar-refractivity contribution in [2.24, 2.45) is 5.73 Å². The van der Waals surface area contributed by atoms with E-state index in [2.05, 4.69) is 0 Å². The van der Waals surface area contributed by atoms with Gasteiger partial charge in [0.15, 0.2) is 0 Å². The number of hydrogen-bond acceptors (Lipinski definition) is 4. The maximum atomic E-state index is 11.9. The number of nitro benzene ring substituents is 1. The van der Waals surface area contributed by atoms with Crippen LogP contribution in [0.1, 0.15) is 31.2 Å². The number of nitrogens with two attached hydrogens (primary N) is 1. The van der Waals surface area contributed by atoms with Gasteiger partial charge in [-0.25, -0.2) is 0 Å². The molecule has 1 aromatic rings. The third-order valence-electron chi connectivity index (χ3n) is 3.12. The zero-order chi connectivity index (χ0) is 15.0. The van der Waals surface area contributed by atoms with Crippen LogP contribution in [0.25, 0.3) is 0 Å². The number of nitrogens with zero attached hydrogens (tertiary/aromatic N) is 2. The van der Waals surface area contributed by atoms with Gasteiger partial charge in [0, 0.05) is 25.1 Å². The van der Waals surface area contributed by atoms with E-state index < -0.39 is 4.92 Å². The molecular weight excluding hydrogens is 258 g/mol. The predicted octanol–water partition coefficient (Wildman–Crippen LogP) is 2.07. The van der Waals surface area contributed by atoms with E-state index in [0.29, 0.717) is 18.5 Å². The molecule has 0 fully saturated rings. The Balaban J connectivity index is 2.55. The van der Waals surface area contributed by atoms with E-state index in [4.69, 9.17) is 5.73 Å². The fourth-order valence-corrected chi connectivity index (χ4v) is 1.95. The number of rotatable bonds is 8. The molecular formula is C14H21N3O3. The van der Waals surface area contributed by atoms with Crippen LogP contribution in [0.5, 0.6) is 0 Å². The van der Waals surface area contributed by atoms with E-state index in [1.807, 2.05) is 0 Å². The first kappa shape index (κ1) is 16.1. The van der Waals surface area contributed by atoms with Crippen molar-refractivity contribution in [3.63, 3.8) is 0 Å². The summed E-state index contributed by atoms with van der Waals surface area (Å²) in [5, 5.41) is 10.9. The van der Waals surface area contributed by atoms with E-state index >= 15 is 0 Å². The van der Waals surface area contributed by atoms with Gasteiger partial charge < -0.3 is 10.6 Å². The largest absolute Gasteiger partial charge is 0.341 e. The second-order valence-electron chi connectivity index (χ2n) is 4.73. The van der Waals surface area contributed by atoms with Crippen LogP contribution in [-0.4, -0.2) is 29.3 Å². The first-order chi connectivity index (χ1) is 9.56. The van der Waals surface area contributed by atoms with Crippen molar-refractivity contribution in [2.75, 3.05) is 13.6 Å². The Kier molecular flexibility index (Phi) is 6.66. The normalized spacial score (nSPS) is 10.3. The molecule has 2 N–H and O–H groups in total. The molecule has 1 rings (SSSR count). The summed E-state index contributed by atoms with van der Waals surface area (Å²) in [5.41, 5.74) is 6.00. The number of carbonyl (C=O) groups is 1. The highest BCUT2D eigenvalue weighted by Crippen LogP contribution is 2.19. The lowest BCUT2D eigenvalue weighted by atomic mass is 10.1. The zero-order valence-electron chi connectivity index (χ0n) is 11.7. The lowest BCUT2D eigenvalue weighted by Gasteiger charge is -2.17. The molecule has 0 saturated heterocycles. The SMILES string of the molecule is CN(Cc1ccccc1[N+](=O)[O-])C(=O)CCCCCN. The zero-order valence-corrected chi connectivity index (χ0v) is 11.7. The third-order valence-corrected chi connectivity index (χ3v) is 3.12. The smallest absolute Gasteiger partial charge is 0.274 e. The van der Waals surface area contributed by atoms with Crippen molar-refractivity contribution in [1.82, 2.24) is 4.90 Å². The topological polar surface area (TPSA) is 89.5 Å². The van der Waals surface area contributed by atoms with Crippen molar-refractivity contribution >= 4 is 11.6 Å². The quantitative estimate of drug-likeness (QED) is 0.448. The number of para-hydroxylation sites is 1. The van der Waals surface area contributed by atoms with Gasteiger partial charge in [-0.05, 0) is 19.4 Å². The second kappa shape index (κ2) is 8.27. The molecule has 0 saturated carbocycles. The van der Waals surface area contributed by atoms with Crippen molar-refractivity contribution in [3.8, 4) is 0 Å². The summed E-state index contributed by atoms with van der Waals surface area (Å²) in [6.45, 7) is 0.896. The van der Waals surface area contributed by atoms with Crippen LogP contribution in [0.2, 0.25) is 0 Å². The lowest BCUT2D eigenvalue weighted by Crippen LogP contribution is -2.26. The standard InChI is InChI=1S/C14H21N3O3/c1-16(14(18)9-3-2-6-10-15)11-12-7-4-5-8-13(12)17(19)20/h4-5,7-8H,2-3,6,9-11,15H2,1H3. The molecule has 0 aliphatic heterocycles. The van der Waals surface area contributed by atoms with Gasteiger partial charge in [-0.2, -0.15) is 0 Å². The average molecular weight is 279 g/mol. The van der Waals surface area contributed by atoms with E-state index in [-0.39, 0.29) is 18.1 Å². The first-order valence-electron chi connectivity index (χ1n) is 6.72. The minimum atomic E-state index is -0.422. The fraction of sp³-hybridized carbons (Fsp3) is 0.500. The number of benzene rings is 1. The van der Waals surface area contributed by atoms with Crippen LogP contribution in [0.4, 0.5) is 5.69 Å². The van der Waals surface area contributed by atoms with Gasteiger partial charge in [0.25, 0.3) is 5.69 Å². The predicted molar refractivity (Wildman–Crippen MR) is 77.1 cm³/mol. The fourth-order valence-electron chi connectivity index (χ4n) is 1.95. The molecule has 0 aliphatic carbocycles. The Morgan fingerprint density at radius 2 is 2.00 bits per heavy atom. The molecule has 20 heavy (non-hydrogen) atoms. The summed E-state index contributed by atoms with van der Waals surface area (Å²) in [6.07, 6.45) is 3.11. The molecule has 0 unspecified atom stereocenters. The van der Waals surface area contributed by atoms with Crippen molar-refractivity contribution < 1.29 is 9.72 Å². The summed E-state index contributed by atoms with van der Waals surface area (Å²) in [7, 11) is 1.67. The van der Waals surface area contributed by atoms with Crippen LogP contribution in [0.15, 0.2) is 24.3 Å². The molecule has 110 valence electrons. The third kappa shape index (κ3) is 4.97. The number of amides is 1. The van der Waals surface area contributed by atoms with Crippen LogP contribution in [0.3, 0.4) is 0 Å². The Hall–Kier alpha value is -1.95. The first-order valence-corrected chi connectivity index (χ1v) is 6.72. The number of carbonyl (C=O) groups excluding carboxylic acids is 1. The van der Waals surface area contributed by atoms with Crippen LogP contribution >= 0.6 is 0 Å². The summed E-state index contributed by atoms with van der Waals surface area (Å²) in [5.74, 6) is 0.000160. The van der Waals surface area contributed by atoms with Gasteiger partial charge in [0.2, 0.25) is 5.91 Å². The lowest BCUT2D eigenvalue weighted by molar-refractivity contribution is -0.385. The minimum absolute atomic E-state index is 0.000160. The highest BCUT2D eigenvalue weighted by atomic mass is 16.6. The van der Waals surface area contributed by atoms with Crippen LogP contribution in [0, 0.1) is 10.1 Å². The highest BCUT2D eigenvalue weighted by Gasteiger charge is 2.16. The maximum absolute atomic E-state index is 11.9. The van der Waals surface area contributed by atoms with Crippen molar-refractivity contribution in [1.29, 1.82) is 0 Å². The molecule has 0 radical (unpaired) electrons. The summed E-state index contributed by atoms with van der Waals surface area (Å²) in [4.78, 5) is 23.9. The summed E-state index contributed by atoms with van der Waals surface area (Å²) < 4.78 is 0. The number of nitro groups is 1. The Morgan fingerprint density at radius 1 is 1.30 bits per heavy atom. The van der Waals surface area contributed by atoms with E-state index in [9.17, 15) is 14.9 Å². The molecule has 1 aromatic carbocycles. The van der Waals surface area contributed by atoms with E-state index in [1.54, 1.807) is 25.2 Å². The molecule has 0 atom stereocenters. The minimum Gasteiger partial charge on any atom is -0.341 e. The molecule has 0 bridgehead atoms. The average Bonchev–Trinajstić information content (AvgIpc) is 2.43. The molecule has 6 nitrogen and oxygen atoms in total. The van der Waals surface area contributed by atoms with Gasteiger partial charge in [-0.15, -0.1) is 0 Å². The summed E-state index contributed by atoms with van der Waals surface area (Å²) >= 11 is 0. The summed E-state index contributed by atoms with van der Waals surface area (Å²) in [6, 6.07) is 6.49. The molecule has 0 aromatic heterocycles.